The third-order valence-corrected chi connectivity index (χ3v) is 6.22. The Kier molecular flexibility index (Phi) is 5.42. The van der Waals surface area contributed by atoms with Gasteiger partial charge >= 0.3 is 0 Å². The highest BCUT2D eigenvalue weighted by atomic mass is 35.5. The van der Waals surface area contributed by atoms with Crippen molar-refractivity contribution in [2.75, 3.05) is 11.4 Å². The maximum atomic E-state index is 13.1. The van der Waals surface area contributed by atoms with Crippen LogP contribution in [0.5, 0.6) is 5.75 Å². The quantitative estimate of drug-likeness (QED) is 0.512. The first-order valence-electron chi connectivity index (χ1n) is 9.39. The molecule has 1 aliphatic heterocycles. The van der Waals surface area contributed by atoms with Crippen molar-refractivity contribution in [2.24, 2.45) is 0 Å². The minimum Gasteiger partial charge on any atom is -0.487 e. The van der Waals surface area contributed by atoms with Crippen molar-refractivity contribution in [3.8, 4) is 5.75 Å². The highest BCUT2D eigenvalue weighted by Crippen LogP contribution is 2.31. The highest BCUT2D eigenvalue weighted by molar-refractivity contribution is 7.12. The van der Waals surface area contributed by atoms with Crippen LogP contribution in [0.1, 0.15) is 38.3 Å². The maximum Gasteiger partial charge on any atom is 0.268 e. The highest BCUT2D eigenvalue weighted by Gasteiger charge is 2.24. The molecule has 0 atom stereocenters. The van der Waals surface area contributed by atoms with Crippen LogP contribution in [0.15, 0.2) is 47.8 Å². The molecule has 4 rings (SSSR count). The van der Waals surface area contributed by atoms with E-state index in [1.54, 1.807) is 0 Å². The van der Waals surface area contributed by atoms with Gasteiger partial charge in [-0.15, -0.1) is 11.3 Å². The average molecular weight is 412 g/mol. The van der Waals surface area contributed by atoms with Gasteiger partial charge in [-0.3, -0.25) is 4.79 Å². The number of benzene rings is 2. The van der Waals surface area contributed by atoms with Gasteiger partial charge in [-0.1, -0.05) is 35.4 Å². The van der Waals surface area contributed by atoms with Crippen molar-refractivity contribution < 1.29 is 9.53 Å². The molecule has 0 radical (unpaired) electrons. The summed E-state index contributed by atoms with van der Waals surface area (Å²) in [5.41, 5.74) is 5.61. The number of aryl methyl sites for hydroxylation is 3. The van der Waals surface area contributed by atoms with Gasteiger partial charge in [-0.2, -0.15) is 0 Å². The molecule has 0 unspecified atom stereocenters. The van der Waals surface area contributed by atoms with Crippen LogP contribution in [0.4, 0.5) is 5.69 Å². The fourth-order valence-electron chi connectivity index (χ4n) is 3.52. The Bertz CT molecular complexity index is 1030. The molecular formula is C23H22ClNO2S. The van der Waals surface area contributed by atoms with Crippen LogP contribution in [-0.4, -0.2) is 12.5 Å². The second-order valence-electron chi connectivity index (χ2n) is 7.23. The largest absolute Gasteiger partial charge is 0.487 e. The van der Waals surface area contributed by atoms with E-state index in [1.165, 1.54) is 22.5 Å². The maximum absolute atomic E-state index is 13.1. The summed E-state index contributed by atoms with van der Waals surface area (Å²) in [5, 5.41) is 2.58. The second kappa shape index (κ2) is 7.98. The lowest BCUT2D eigenvalue weighted by Gasteiger charge is -2.29. The lowest BCUT2D eigenvalue weighted by atomic mass is 9.99. The van der Waals surface area contributed by atoms with E-state index in [0.717, 1.165) is 41.1 Å². The number of carbonyl (C=O) groups excluding carboxylic acids is 1. The Hall–Kier alpha value is -2.30. The molecule has 2 aromatic carbocycles. The first-order chi connectivity index (χ1) is 13.5. The van der Waals surface area contributed by atoms with Gasteiger partial charge in [0.05, 0.1) is 9.90 Å². The number of fused-ring (bicyclic) bond motifs is 1. The number of nitrogens with zero attached hydrogens (tertiary/aromatic N) is 1. The van der Waals surface area contributed by atoms with Gasteiger partial charge in [0.1, 0.15) is 12.4 Å². The van der Waals surface area contributed by atoms with Crippen molar-refractivity contribution in [1.82, 2.24) is 0 Å². The van der Waals surface area contributed by atoms with E-state index in [-0.39, 0.29) is 5.91 Å². The molecule has 28 heavy (non-hydrogen) atoms. The van der Waals surface area contributed by atoms with Crippen molar-refractivity contribution >= 4 is 34.5 Å². The van der Waals surface area contributed by atoms with E-state index in [0.29, 0.717) is 17.4 Å². The summed E-state index contributed by atoms with van der Waals surface area (Å²) in [7, 11) is 0. The summed E-state index contributed by atoms with van der Waals surface area (Å²) in [6.45, 7) is 5.25. The second-order valence-corrected chi connectivity index (χ2v) is 8.55. The SMILES string of the molecule is Cc1ccc2c(c1)CCCN2C(=O)c1cc(COc2cc(C)ccc2Cl)cs1. The molecular weight excluding hydrogens is 390 g/mol. The molecule has 0 saturated carbocycles. The molecule has 2 heterocycles. The summed E-state index contributed by atoms with van der Waals surface area (Å²) in [5.74, 6) is 0.732. The molecule has 0 fully saturated rings. The van der Waals surface area contributed by atoms with E-state index in [9.17, 15) is 4.79 Å². The average Bonchev–Trinajstić information content (AvgIpc) is 3.16. The number of hydrogen-bond acceptors (Lipinski definition) is 3. The molecule has 1 amide bonds. The number of ether oxygens (including phenoxy) is 1. The topological polar surface area (TPSA) is 29.5 Å². The molecule has 1 aliphatic rings. The van der Waals surface area contributed by atoms with E-state index in [4.69, 9.17) is 16.3 Å². The fourth-order valence-corrected chi connectivity index (χ4v) is 4.53. The zero-order valence-corrected chi connectivity index (χ0v) is 17.6. The van der Waals surface area contributed by atoms with Crippen LogP contribution in [0.25, 0.3) is 0 Å². The third-order valence-electron chi connectivity index (χ3n) is 4.94. The number of thiophene rings is 1. The number of carbonyl (C=O) groups is 1. The minimum absolute atomic E-state index is 0.0645. The lowest BCUT2D eigenvalue weighted by molar-refractivity contribution is 0.0989. The first-order valence-corrected chi connectivity index (χ1v) is 10.6. The van der Waals surface area contributed by atoms with Gasteiger partial charge in [0, 0.05) is 17.8 Å². The lowest BCUT2D eigenvalue weighted by Crippen LogP contribution is -2.35. The smallest absolute Gasteiger partial charge is 0.268 e. The molecule has 0 saturated heterocycles. The van der Waals surface area contributed by atoms with Gasteiger partial charge < -0.3 is 9.64 Å². The first kappa shape index (κ1) is 19.0. The van der Waals surface area contributed by atoms with Gasteiger partial charge in [-0.05, 0) is 67.5 Å². The summed E-state index contributed by atoms with van der Waals surface area (Å²) in [4.78, 5) is 15.8. The van der Waals surface area contributed by atoms with E-state index in [1.807, 2.05) is 41.5 Å². The number of rotatable bonds is 4. The normalized spacial score (nSPS) is 13.3. The molecule has 0 spiro atoms. The standard InChI is InChI=1S/C23H22ClNO2S/c1-15-6-8-20-18(10-15)4-3-9-25(20)23(26)22-12-17(14-28-22)13-27-21-11-16(2)5-7-19(21)24/h5-8,10-12,14H,3-4,9,13H2,1-2H3. The third kappa shape index (κ3) is 3.94. The fraction of sp³-hybridized carbons (Fsp3) is 0.261. The summed E-state index contributed by atoms with van der Waals surface area (Å²) in [6, 6.07) is 14.0. The van der Waals surface area contributed by atoms with Gasteiger partial charge in [-0.25, -0.2) is 0 Å². The molecule has 0 N–H and O–H groups in total. The predicted molar refractivity (Wildman–Crippen MR) is 116 cm³/mol. The van der Waals surface area contributed by atoms with Crippen LogP contribution in [0.2, 0.25) is 5.02 Å². The van der Waals surface area contributed by atoms with Crippen LogP contribution >= 0.6 is 22.9 Å². The Morgan fingerprint density at radius 2 is 1.93 bits per heavy atom. The molecule has 0 aliphatic carbocycles. The van der Waals surface area contributed by atoms with E-state index >= 15 is 0 Å². The number of hydrogen-bond donors (Lipinski definition) is 0. The van der Waals surface area contributed by atoms with E-state index < -0.39 is 0 Å². The number of halogens is 1. The number of anilines is 1. The molecule has 5 heteroatoms. The zero-order valence-electron chi connectivity index (χ0n) is 16.0. The molecule has 0 bridgehead atoms. The van der Waals surface area contributed by atoms with Crippen LogP contribution < -0.4 is 9.64 Å². The summed E-state index contributed by atoms with van der Waals surface area (Å²) < 4.78 is 5.86. The molecule has 3 aromatic rings. The van der Waals surface area contributed by atoms with Crippen LogP contribution in [0, 0.1) is 13.8 Å². The predicted octanol–water partition coefficient (Wildman–Crippen LogP) is 6.19. The van der Waals surface area contributed by atoms with E-state index in [2.05, 4.69) is 25.1 Å². The van der Waals surface area contributed by atoms with Gasteiger partial charge in [0.25, 0.3) is 5.91 Å². The van der Waals surface area contributed by atoms with Crippen molar-refractivity contribution in [1.29, 1.82) is 0 Å². The Balaban J connectivity index is 1.49. The Labute approximate surface area is 174 Å². The number of amides is 1. The van der Waals surface area contributed by atoms with Gasteiger partial charge in [0.15, 0.2) is 0 Å². The van der Waals surface area contributed by atoms with Crippen LogP contribution in [0.3, 0.4) is 0 Å². The molecule has 144 valence electrons. The monoisotopic (exact) mass is 411 g/mol. The van der Waals surface area contributed by atoms with Crippen molar-refractivity contribution in [2.45, 2.75) is 33.3 Å². The molecule has 3 nitrogen and oxygen atoms in total. The summed E-state index contributed by atoms with van der Waals surface area (Å²) >= 11 is 7.66. The van der Waals surface area contributed by atoms with Gasteiger partial charge in [0.2, 0.25) is 0 Å². The van der Waals surface area contributed by atoms with Crippen molar-refractivity contribution in [3.05, 3.63) is 80.0 Å². The Morgan fingerprint density at radius 1 is 1.14 bits per heavy atom. The van der Waals surface area contributed by atoms with Crippen molar-refractivity contribution in [3.63, 3.8) is 0 Å². The minimum atomic E-state index is 0.0645. The summed E-state index contributed by atoms with van der Waals surface area (Å²) in [6.07, 6.45) is 2.02. The zero-order chi connectivity index (χ0) is 19.7. The molecule has 1 aromatic heterocycles. The Morgan fingerprint density at radius 3 is 2.79 bits per heavy atom. The van der Waals surface area contributed by atoms with Crippen LogP contribution in [-0.2, 0) is 13.0 Å².